The zero-order chi connectivity index (χ0) is 27.5. The summed E-state index contributed by atoms with van der Waals surface area (Å²) in [6.45, 7) is 2.21. The minimum absolute atomic E-state index is 0.139. The number of rotatable bonds is 9. The maximum absolute atomic E-state index is 14.2. The van der Waals surface area contributed by atoms with Crippen LogP contribution in [-0.2, 0) is 20.7 Å². The van der Waals surface area contributed by atoms with E-state index in [0.29, 0.717) is 47.2 Å². The molecule has 0 aliphatic carbocycles. The highest BCUT2D eigenvalue weighted by molar-refractivity contribution is 6.08. The maximum atomic E-state index is 14.2. The molecule has 0 saturated carbocycles. The van der Waals surface area contributed by atoms with Gasteiger partial charge in [-0.15, -0.1) is 0 Å². The van der Waals surface area contributed by atoms with E-state index in [4.69, 9.17) is 23.9 Å². The molecule has 1 aromatic heterocycles. The molecule has 1 aliphatic heterocycles. The first-order valence-corrected chi connectivity index (χ1v) is 12.8. The van der Waals surface area contributed by atoms with E-state index in [1.807, 2.05) is 59.2 Å². The molecule has 2 heterocycles. The van der Waals surface area contributed by atoms with E-state index in [9.17, 15) is 9.59 Å². The van der Waals surface area contributed by atoms with Crippen LogP contribution in [0.25, 0.3) is 11.0 Å². The molecule has 1 aliphatic rings. The monoisotopic (exact) mass is 529 g/mol. The number of benzene rings is 3. The molecule has 0 saturated heterocycles. The van der Waals surface area contributed by atoms with Gasteiger partial charge in [0.2, 0.25) is 17.6 Å². The van der Waals surface area contributed by atoms with E-state index in [0.717, 1.165) is 11.1 Å². The molecule has 3 aromatic carbocycles. The molecule has 39 heavy (non-hydrogen) atoms. The zero-order valence-electron chi connectivity index (χ0n) is 22.4. The standard InChI is InChI=1S/C30H31N3O6/c1-5-39-29(35)24-25(20-15-16-23(36-2)27(38-4)26(20)37-3)33-22-14-10-9-13-21(22)31-30(33)32(28(24)34)18-17-19-11-7-6-8-12-19/h6-16,24-25H,5,17-18H2,1-4H3. The van der Waals surface area contributed by atoms with Crippen LogP contribution in [0.3, 0.4) is 0 Å². The SMILES string of the molecule is CCOC(=O)C1C(=O)N(CCc2ccccc2)c2nc3ccccc3n2C1c1ccc(OC)c(OC)c1OC. The Labute approximate surface area is 226 Å². The molecule has 9 heteroatoms. The Morgan fingerprint density at radius 3 is 2.31 bits per heavy atom. The van der Waals surface area contributed by atoms with Crippen LogP contribution < -0.4 is 19.1 Å². The number of nitrogens with zero attached hydrogens (tertiary/aromatic N) is 3. The lowest BCUT2D eigenvalue weighted by atomic mass is 9.88. The number of hydrogen-bond donors (Lipinski definition) is 0. The lowest BCUT2D eigenvalue weighted by Gasteiger charge is -2.38. The number of esters is 1. The molecule has 2 atom stereocenters. The van der Waals surface area contributed by atoms with Crippen molar-refractivity contribution in [2.45, 2.75) is 19.4 Å². The number of amides is 1. The van der Waals surface area contributed by atoms with Crippen molar-refractivity contribution in [3.63, 3.8) is 0 Å². The van der Waals surface area contributed by atoms with E-state index in [1.165, 1.54) is 21.3 Å². The first-order valence-electron chi connectivity index (χ1n) is 12.8. The van der Waals surface area contributed by atoms with Crippen molar-refractivity contribution >= 4 is 28.9 Å². The van der Waals surface area contributed by atoms with Gasteiger partial charge in [-0.1, -0.05) is 42.5 Å². The summed E-state index contributed by atoms with van der Waals surface area (Å²) in [5.41, 5.74) is 3.14. The second-order valence-corrected chi connectivity index (χ2v) is 9.09. The third kappa shape index (κ3) is 4.54. The van der Waals surface area contributed by atoms with Crippen LogP contribution in [0.4, 0.5) is 5.95 Å². The summed E-state index contributed by atoms with van der Waals surface area (Å²) in [7, 11) is 4.57. The molecule has 0 spiro atoms. The molecular weight excluding hydrogens is 498 g/mol. The Hall–Kier alpha value is -4.53. The molecular formula is C30H31N3O6. The van der Waals surface area contributed by atoms with E-state index in [2.05, 4.69) is 0 Å². The number of para-hydroxylation sites is 2. The average molecular weight is 530 g/mol. The van der Waals surface area contributed by atoms with Gasteiger partial charge in [0, 0.05) is 12.1 Å². The largest absolute Gasteiger partial charge is 0.493 e. The van der Waals surface area contributed by atoms with E-state index in [-0.39, 0.29) is 12.5 Å². The van der Waals surface area contributed by atoms with Gasteiger partial charge in [0.05, 0.1) is 45.0 Å². The highest BCUT2D eigenvalue weighted by Gasteiger charge is 2.49. The van der Waals surface area contributed by atoms with Crippen LogP contribution >= 0.6 is 0 Å². The van der Waals surface area contributed by atoms with Crippen molar-refractivity contribution in [3.8, 4) is 17.2 Å². The van der Waals surface area contributed by atoms with E-state index in [1.54, 1.807) is 24.0 Å². The van der Waals surface area contributed by atoms with Crippen LogP contribution in [0.5, 0.6) is 17.2 Å². The summed E-state index contributed by atoms with van der Waals surface area (Å²) < 4.78 is 24.3. The van der Waals surface area contributed by atoms with Gasteiger partial charge in [-0.05, 0) is 43.2 Å². The number of anilines is 1. The van der Waals surface area contributed by atoms with Crippen molar-refractivity contribution in [1.29, 1.82) is 0 Å². The van der Waals surface area contributed by atoms with Gasteiger partial charge in [0.1, 0.15) is 0 Å². The molecule has 9 nitrogen and oxygen atoms in total. The Bertz CT molecular complexity index is 1500. The van der Waals surface area contributed by atoms with Crippen molar-refractivity contribution in [2.24, 2.45) is 5.92 Å². The van der Waals surface area contributed by atoms with Gasteiger partial charge in [0.15, 0.2) is 17.4 Å². The molecule has 2 unspecified atom stereocenters. The Morgan fingerprint density at radius 1 is 0.897 bits per heavy atom. The van der Waals surface area contributed by atoms with Crippen LogP contribution in [0.15, 0.2) is 66.7 Å². The fourth-order valence-corrected chi connectivity index (χ4v) is 5.28. The van der Waals surface area contributed by atoms with Crippen LogP contribution in [0.1, 0.15) is 24.1 Å². The molecule has 4 aromatic rings. The fraction of sp³-hybridized carbons (Fsp3) is 0.300. The Morgan fingerprint density at radius 2 is 1.62 bits per heavy atom. The summed E-state index contributed by atoms with van der Waals surface area (Å²) >= 11 is 0. The summed E-state index contributed by atoms with van der Waals surface area (Å²) in [6, 6.07) is 20.3. The molecule has 202 valence electrons. The van der Waals surface area contributed by atoms with Crippen molar-refractivity contribution < 1.29 is 28.5 Å². The zero-order valence-corrected chi connectivity index (χ0v) is 22.4. The number of methoxy groups -OCH3 is 3. The topological polar surface area (TPSA) is 92.1 Å². The minimum atomic E-state index is -1.18. The first kappa shape index (κ1) is 26.1. The van der Waals surface area contributed by atoms with Gasteiger partial charge < -0.3 is 23.5 Å². The number of imidazole rings is 1. The van der Waals surface area contributed by atoms with Crippen LogP contribution in [0, 0.1) is 5.92 Å². The number of carbonyl (C=O) groups excluding carboxylic acids is 2. The summed E-state index contributed by atoms with van der Waals surface area (Å²) in [5, 5.41) is 0. The third-order valence-electron chi connectivity index (χ3n) is 7.01. The maximum Gasteiger partial charge on any atom is 0.321 e. The summed E-state index contributed by atoms with van der Waals surface area (Å²) in [4.78, 5) is 34.3. The smallest absolute Gasteiger partial charge is 0.321 e. The predicted octanol–water partition coefficient (Wildman–Crippen LogP) is 4.42. The fourth-order valence-electron chi connectivity index (χ4n) is 5.28. The molecule has 0 N–H and O–H groups in total. The number of aromatic nitrogens is 2. The van der Waals surface area contributed by atoms with Gasteiger partial charge in [-0.2, -0.15) is 0 Å². The Kier molecular flexibility index (Phi) is 7.40. The average Bonchev–Trinajstić information content (AvgIpc) is 3.35. The third-order valence-corrected chi connectivity index (χ3v) is 7.01. The van der Waals surface area contributed by atoms with E-state index >= 15 is 0 Å². The van der Waals surface area contributed by atoms with Gasteiger partial charge in [0.25, 0.3) is 0 Å². The first-order chi connectivity index (χ1) is 19.0. The normalized spacial score (nSPS) is 16.6. The number of fused-ring (bicyclic) bond motifs is 3. The lowest BCUT2D eigenvalue weighted by molar-refractivity contribution is -0.153. The second kappa shape index (κ2) is 11.1. The summed E-state index contributed by atoms with van der Waals surface area (Å²) in [5.74, 6) is -0.521. The number of ether oxygens (including phenoxy) is 4. The highest BCUT2D eigenvalue weighted by atomic mass is 16.5. The second-order valence-electron chi connectivity index (χ2n) is 9.09. The van der Waals surface area contributed by atoms with Crippen LogP contribution in [-0.4, -0.2) is 55.9 Å². The molecule has 0 bridgehead atoms. The minimum Gasteiger partial charge on any atom is -0.493 e. The number of hydrogen-bond acceptors (Lipinski definition) is 7. The van der Waals surface area contributed by atoms with Crippen molar-refractivity contribution in [1.82, 2.24) is 9.55 Å². The van der Waals surface area contributed by atoms with Gasteiger partial charge in [-0.3, -0.25) is 14.5 Å². The predicted molar refractivity (Wildman–Crippen MR) is 147 cm³/mol. The molecule has 5 rings (SSSR count). The molecule has 0 radical (unpaired) electrons. The van der Waals surface area contributed by atoms with E-state index < -0.39 is 17.9 Å². The summed E-state index contributed by atoms with van der Waals surface area (Å²) in [6.07, 6.45) is 0.593. The van der Waals surface area contributed by atoms with Crippen LogP contribution in [0.2, 0.25) is 0 Å². The van der Waals surface area contributed by atoms with Gasteiger partial charge >= 0.3 is 5.97 Å². The Balaban J connectivity index is 1.75. The lowest BCUT2D eigenvalue weighted by Crippen LogP contribution is -2.50. The molecule has 0 fully saturated rings. The highest BCUT2D eigenvalue weighted by Crippen LogP contribution is 2.48. The molecule has 1 amide bonds. The van der Waals surface area contributed by atoms with Crippen molar-refractivity contribution in [2.75, 3.05) is 39.4 Å². The number of carbonyl (C=O) groups is 2. The van der Waals surface area contributed by atoms with Gasteiger partial charge in [-0.25, -0.2) is 4.98 Å². The van der Waals surface area contributed by atoms with Crippen molar-refractivity contribution in [3.05, 3.63) is 77.9 Å². The quantitative estimate of drug-likeness (QED) is 0.234.